The van der Waals surface area contributed by atoms with E-state index in [0.29, 0.717) is 125 Å². The zero-order valence-electron chi connectivity index (χ0n) is 49.6. The molecule has 12 rings (SSSR count). The summed E-state index contributed by atoms with van der Waals surface area (Å²) in [6, 6.07) is 43.5. The Kier molecular flexibility index (Phi) is 21.6. The first-order valence-corrected chi connectivity index (χ1v) is 28.4. The summed E-state index contributed by atoms with van der Waals surface area (Å²) in [5.41, 5.74) is 10.9. The van der Waals surface area contributed by atoms with Crippen LogP contribution in [0.25, 0.3) is 67.9 Å². The Hall–Kier alpha value is -11.9. The van der Waals surface area contributed by atoms with Crippen LogP contribution in [0.5, 0.6) is 5.88 Å². The highest BCUT2D eigenvalue weighted by atomic mass is 16.5. The second-order valence-corrected chi connectivity index (χ2v) is 19.4. The summed E-state index contributed by atoms with van der Waals surface area (Å²) in [5.74, 6) is -0.535. The third kappa shape index (κ3) is 17.0. The fraction of sp³-hybridized carbons (Fsp3) is 0.136. The SMILES string of the molecule is COCCOCCn1cc(NC(=O)c2cccc(-c3ccnc(OC)c3)n2)c(-c2ccccn2)n1.COCCn1cc(NC(=O)c2cccc(-c3ccncc3)n2)c(-c2ccccn2)n1.O=C(Nc1cn[nH]c1-c1ccccn1)c1cccc(-c2ccncc2)n1. The van der Waals surface area contributed by atoms with Crippen LogP contribution in [0.4, 0.5) is 17.1 Å². The number of rotatable bonds is 22. The zero-order chi connectivity index (χ0) is 63.0. The maximum Gasteiger partial charge on any atom is 0.274 e. The molecule has 12 aromatic rings. The van der Waals surface area contributed by atoms with Crippen molar-refractivity contribution in [2.24, 2.45) is 0 Å². The fourth-order valence-electron chi connectivity index (χ4n) is 8.76. The van der Waals surface area contributed by atoms with E-state index in [1.165, 1.54) is 0 Å². The van der Waals surface area contributed by atoms with E-state index in [0.717, 1.165) is 16.7 Å². The molecule has 456 valence electrons. The van der Waals surface area contributed by atoms with Gasteiger partial charge in [-0.3, -0.25) is 53.8 Å². The molecule has 0 aliphatic heterocycles. The predicted octanol–water partition coefficient (Wildman–Crippen LogP) is 9.81. The Morgan fingerprint density at radius 3 is 1.36 bits per heavy atom. The highest BCUT2D eigenvalue weighted by Gasteiger charge is 2.20. The molecule has 0 radical (unpaired) electrons. The zero-order valence-corrected chi connectivity index (χ0v) is 49.6. The molecule has 25 nitrogen and oxygen atoms in total. The van der Waals surface area contributed by atoms with Gasteiger partial charge >= 0.3 is 0 Å². The molecule has 25 heteroatoms. The molecular weight excluding hydrogens is 1160 g/mol. The number of methoxy groups -OCH3 is 3. The van der Waals surface area contributed by atoms with Gasteiger partial charge in [-0.1, -0.05) is 36.4 Å². The van der Waals surface area contributed by atoms with Gasteiger partial charge in [0.2, 0.25) is 5.88 Å². The molecule has 0 bridgehead atoms. The number of H-pyrrole nitrogens is 1. The van der Waals surface area contributed by atoms with Crippen LogP contribution in [0.1, 0.15) is 31.5 Å². The molecule has 4 N–H and O–H groups in total. The number of carbonyl (C=O) groups excluding carboxylic acids is 3. The van der Waals surface area contributed by atoms with Crippen molar-refractivity contribution >= 4 is 34.8 Å². The Morgan fingerprint density at radius 1 is 0.440 bits per heavy atom. The Morgan fingerprint density at radius 2 is 0.890 bits per heavy atom. The molecule has 0 saturated carbocycles. The van der Waals surface area contributed by atoms with Crippen molar-refractivity contribution in [3.63, 3.8) is 0 Å². The van der Waals surface area contributed by atoms with E-state index in [-0.39, 0.29) is 23.4 Å². The van der Waals surface area contributed by atoms with Gasteiger partial charge in [0, 0.05) is 98.9 Å². The molecule has 12 heterocycles. The summed E-state index contributed by atoms with van der Waals surface area (Å²) in [7, 11) is 4.81. The van der Waals surface area contributed by atoms with Gasteiger partial charge in [0.1, 0.15) is 34.2 Å². The molecule has 0 aromatic carbocycles. The summed E-state index contributed by atoms with van der Waals surface area (Å²) in [4.78, 5) is 77.3. The number of pyridine rings is 9. The van der Waals surface area contributed by atoms with E-state index >= 15 is 0 Å². The van der Waals surface area contributed by atoms with Gasteiger partial charge in [-0.25, -0.2) is 19.9 Å². The van der Waals surface area contributed by atoms with Gasteiger partial charge in [0.05, 0.1) is 104 Å². The molecule has 3 amide bonds. The minimum absolute atomic E-state index is 0.265. The van der Waals surface area contributed by atoms with E-state index < -0.39 is 0 Å². The Bertz CT molecular complexity index is 4290. The summed E-state index contributed by atoms with van der Waals surface area (Å²) in [6.07, 6.45) is 18.5. The molecule has 0 aliphatic rings. The number of hydrogen-bond donors (Lipinski definition) is 4. The van der Waals surface area contributed by atoms with Crippen LogP contribution in [0.2, 0.25) is 0 Å². The number of aromatic nitrogens is 15. The quantitative estimate of drug-likeness (QED) is 0.0459. The van der Waals surface area contributed by atoms with Crippen LogP contribution >= 0.6 is 0 Å². The molecule has 0 fully saturated rings. The predicted molar refractivity (Wildman–Crippen MR) is 340 cm³/mol. The molecule has 12 aromatic heterocycles. The molecule has 0 atom stereocenters. The third-order valence-corrected chi connectivity index (χ3v) is 13.2. The third-order valence-electron chi connectivity index (χ3n) is 13.2. The minimum Gasteiger partial charge on any atom is -0.481 e. The lowest BCUT2D eigenvalue weighted by molar-refractivity contribution is 0.0654. The molecular formula is C66H60N18O7. The maximum atomic E-state index is 13.1. The van der Waals surface area contributed by atoms with E-state index in [2.05, 4.69) is 81.2 Å². The number of hydrogen-bond acceptors (Lipinski definition) is 19. The Balaban J connectivity index is 0.000000151. The van der Waals surface area contributed by atoms with Gasteiger partial charge in [-0.2, -0.15) is 15.3 Å². The van der Waals surface area contributed by atoms with Crippen molar-refractivity contribution < 1.29 is 33.3 Å². The van der Waals surface area contributed by atoms with Gasteiger partial charge < -0.3 is 34.9 Å². The van der Waals surface area contributed by atoms with E-state index in [9.17, 15) is 14.4 Å². The number of aromatic amines is 1. The maximum absolute atomic E-state index is 13.1. The average Bonchev–Trinajstić information content (AvgIpc) is 2.40. The number of nitrogens with one attached hydrogen (secondary N) is 4. The van der Waals surface area contributed by atoms with E-state index in [1.54, 1.807) is 141 Å². The summed E-state index contributed by atoms with van der Waals surface area (Å²) in [5, 5.41) is 24.7. The summed E-state index contributed by atoms with van der Waals surface area (Å²) >= 11 is 0. The number of carbonyl (C=O) groups is 3. The van der Waals surface area contributed by atoms with Gasteiger partial charge in [0.25, 0.3) is 17.7 Å². The molecule has 0 saturated heterocycles. The van der Waals surface area contributed by atoms with Crippen molar-refractivity contribution in [3.8, 4) is 73.8 Å². The van der Waals surface area contributed by atoms with Crippen LogP contribution in [0.3, 0.4) is 0 Å². The fourth-order valence-corrected chi connectivity index (χ4v) is 8.76. The van der Waals surface area contributed by atoms with Crippen LogP contribution in [-0.2, 0) is 27.3 Å². The first-order chi connectivity index (χ1) is 44.7. The standard InChI is InChI=1S/C25H26N6O4.C22H20N6O2.C19H14N6O/c1-33-14-15-35-13-12-31-17-22(24(30-31)20-6-3-4-10-26-20)29-25(32)21-8-5-7-19(28-21)18-9-11-27-23(16-18)34-2;1-30-14-13-28-15-20(21(27-28)18-5-2-3-10-24-18)26-22(29)19-7-4-6-17(25-19)16-8-11-23-12-9-16;26-19(16-6-3-5-14(23-16)13-7-10-20-11-8-13)24-17-12-22-25-18(17)15-4-1-2-9-21-15/h3-11,16-17H,12-15H2,1-2H3,(H,29,32);2-12,15H,13-14H2,1H3,(H,26,29);1-12H,(H,22,25)(H,24,26). The van der Waals surface area contributed by atoms with Crippen LogP contribution in [0, 0.1) is 0 Å². The topological polar surface area (TPSA) is 305 Å². The number of amides is 3. The van der Waals surface area contributed by atoms with Crippen LogP contribution in [0.15, 0.2) is 214 Å². The minimum atomic E-state index is -0.360. The highest BCUT2D eigenvalue weighted by molar-refractivity contribution is 6.06. The first kappa shape index (κ1) is 62.1. The molecule has 0 aliphatic carbocycles. The van der Waals surface area contributed by atoms with Crippen LogP contribution < -0.4 is 20.7 Å². The smallest absolute Gasteiger partial charge is 0.274 e. The molecule has 91 heavy (non-hydrogen) atoms. The lowest BCUT2D eigenvalue weighted by Gasteiger charge is -2.07. The monoisotopic (exact) mass is 1220 g/mol. The second kappa shape index (κ2) is 31.6. The number of anilines is 3. The highest BCUT2D eigenvalue weighted by Crippen LogP contribution is 2.29. The Labute approximate surface area is 522 Å². The lowest BCUT2D eigenvalue weighted by atomic mass is 10.1. The lowest BCUT2D eigenvalue weighted by Crippen LogP contribution is -2.14. The average molecular weight is 1220 g/mol. The normalized spacial score (nSPS) is 10.7. The van der Waals surface area contributed by atoms with Crippen LogP contribution in [-0.4, -0.2) is 140 Å². The summed E-state index contributed by atoms with van der Waals surface area (Å²) in [6.45, 7) is 3.06. The van der Waals surface area contributed by atoms with Gasteiger partial charge in [-0.15, -0.1) is 0 Å². The van der Waals surface area contributed by atoms with Gasteiger partial charge in [-0.05, 0) is 103 Å². The van der Waals surface area contributed by atoms with E-state index in [4.69, 9.17) is 18.9 Å². The van der Waals surface area contributed by atoms with Crippen molar-refractivity contribution in [1.29, 1.82) is 0 Å². The molecule has 0 unspecified atom stereocenters. The van der Waals surface area contributed by atoms with Crippen molar-refractivity contribution in [2.75, 3.05) is 63.7 Å². The van der Waals surface area contributed by atoms with Crippen molar-refractivity contribution in [2.45, 2.75) is 13.1 Å². The number of ether oxygens (including phenoxy) is 4. The second-order valence-electron chi connectivity index (χ2n) is 19.4. The largest absolute Gasteiger partial charge is 0.481 e. The first-order valence-electron chi connectivity index (χ1n) is 28.4. The molecule has 0 spiro atoms. The van der Waals surface area contributed by atoms with E-state index in [1.807, 2.05) is 103 Å². The van der Waals surface area contributed by atoms with Crippen molar-refractivity contribution in [3.05, 3.63) is 231 Å². The van der Waals surface area contributed by atoms with Gasteiger partial charge in [0.15, 0.2) is 0 Å². The van der Waals surface area contributed by atoms with Crippen molar-refractivity contribution in [1.82, 2.24) is 74.6 Å². The summed E-state index contributed by atoms with van der Waals surface area (Å²) < 4.78 is 24.3. The number of nitrogens with zero attached hydrogens (tertiary/aromatic N) is 14.